The summed E-state index contributed by atoms with van der Waals surface area (Å²) in [6.45, 7) is 4.73. The number of para-hydroxylation sites is 1. The highest BCUT2D eigenvalue weighted by atomic mass is 35.5. The molecule has 0 amide bonds. The van der Waals surface area contributed by atoms with Crippen molar-refractivity contribution in [2.45, 2.75) is 25.6 Å². The van der Waals surface area contributed by atoms with E-state index in [1.807, 2.05) is 31.2 Å². The van der Waals surface area contributed by atoms with Crippen molar-refractivity contribution < 1.29 is 4.74 Å². The minimum absolute atomic E-state index is 0.0644. The van der Waals surface area contributed by atoms with E-state index in [0.29, 0.717) is 6.61 Å². The first-order valence-corrected chi connectivity index (χ1v) is 7.05. The van der Waals surface area contributed by atoms with Gasteiger partial charge in [-0.15, -0.1) is 11.6 Å². The van der Waals surface area contributed by atoms with Gasteiger partial charge in [0.1, 0.15) is 5.75 Å². The van der Waals surface area contributed by atoms with Gasteiger partial charge in [-0.05, 0) is 31.9 Å². The van der Waals surface area contributed by atoms with Crippen molar-refractivity contribution >= 4 is 11.6 Å². The van der Waals surface area contributed by atoms with Gasteiger partial charge < -0.3 is 4.74 Å². The van der Waals surface area contributed by atoms with E-state index in [1.54, 1.807) is 0 Å². The fourth-order valence-corrected chi connectivity index (χ4v) is 2.43. The van der Waals surface area contributed by atoms with Gasteiger partial charge in [-0.1, -0.05) is 48.0 Å². The molecule has 0 saturated heterocycles. The van der Waals surface area contributed by atoms with Gasteiger partial charge in [0.2, 0.25) is 0 Å². The molecule has 0 aliphatic heterocycles. The molecule has 0 radical (unpaired) electrons. The lowest BCUT2D eigenvalue weighted by molar-refractivity contribution is 0.336. The number of hydrogen-bond acceptors (Lipinski definition) is 1. The fourth-order valence-electron chi connectivity index (χ4n) is 2.07. The monoisotopic (exact) mass is 274 g/mol. The number of hydrogen-bond donors (Lipinski definition) is 0. The Labute approximate surface area is 120 Å². The number of rotatable bonds is 5. The highest BCUT2D eigenvalue weighted by Gasteiger charge is 2.13. The summed E-state index contributed by atoms with van der Waals surface area (Å²) in [5.41, 5.74) is 3.58. The van der Waals surface area contributed by atoms with Crippen LogP contribution in [-0.2, 0) is 6.42 Å². The SMILES string of the molecule is CCOc1ccccc1C(Cl)Cc1ccc(C)cc1. The quantitative estimate of drug-likeness (QED) is 0.704. The Morgan fingerprint density at radius 2 is 1.74 bits per heavy atom. The van der Waals surface area contributed by atoms with Crippen molar-refractivity contribution in [1.82, 2.24) is 0 Å². The number of benzene rings is 2. The smallest absolute Gasteiger partial charge is 0.123 e. The molecule has 0 saturated carbocycles. The summed E-state index contributed by atoms with van der Waals surface area (Å²) in [6.07, 6.45) is 0.811. The van der Waals surface area contributed by atoms with E-state index in [9.17, 15) is 0 Å². The van der Waals surface area contributed by atoms with E-state index in [1.165, 1.54) is 11.1 Å². The number of halogens is 1. The van der Waals surface area contributed by atoms with Crippen molar-refractivity contribution in [3.05, 3.63) is 65.2 Å². The first-order valence-electron chi connectivity index (χ1n) is 6.62. The highest BCUT2D eigenvalue weighted by Crippen LogP contribution is 2.32. The predicted molar refractivity (Wildman–Crippen MR) is 81.1 cm³/mol. The largest absolute Gasteiger partial charge is 0.494 e. The summed E-state index contributed by atoms with van der Waals surface area (Å²) in [6, 6.07) is 16.5. The van der Waals surface area contributed by atoms with Crippen LogP contribution in [0.3, 0.4) is 0 Å². The molecule has 0 fully saturated rings. The van der Waals surface area contributed by atoms with E-state index < -0.39 is 0 Å². The maximum absolute atomic E-state index is 6.54. The number of ether oxygens (including phenoxy) is 1. The molecule has 19 heavy (non-hydrogen) atoms. The molecule has 1 atom stereocenters. The van der Waals surface area contributed by atoms with Gasteiger partial charge in [-0.3, -0.25) is 0 Å². The van der Waals surface area contributed by atoms with Crippen LogP contribution in [0.5, 0.6) is 5.75 Å². The van der Waals surface area contributed by atoms with Crippen LogP contribution in [0.2, 0.25) is 0 Å². The van der Waals surface area contributed by atoms with E-state index in [0.717, 1.165) is 17.7 Å². The predicted octanol–water partition coefficient (Wildman–Crippen LogP) is 4.92. The van der Waals surface area contributed by atoms with Gasteiger partial charge in [0.05, 0.1) is 12.0 Å². The first kappa shape index (κ1) is 14.0. The molecule has 0 aliphatic carbocycles. The average Bonchev–Trinajstić information content (AvgIpc) is 2.42. The molecule has 0 aromatic heterocycles. The molecule has 1 unspecified atom stereocenters. The summed E-state index contributed by atoms with van der Waals surface area (Å²) in [5, 5.41) is -0.0644. The lowest BCUT2D eigenvalue weighted by atomic mass is 10.0. The van der Waals surface area contributed by atoms with Crippen LogP contribution in [0, 0.1) is 6.92 Å². The van der Waals surface area contributed by atoms with Gasteiger partial charge in [0.15, 0.2) is 0 Å². The molecule has 2 aromatic rings. The molecule has 2 heteroatoms. The van der Waals surface area contributed by atoms with E-state index in [4.69, 9.17) is 16.3 Å². The Balaban J connectivity index is 2.15. The second-order valence-corrected chi connectivity index (χ2v) is 5.15. The van der Waals surface area contributed by atoms with Crippen molar-refractivity contribution in [1.29, 1.82) is 0 Å². The molecule has 0 bridgehead atoms. The Kier molecular flexibility index (Phi) is 4.86. The van der Waals surface area contributed by atoms with Crippen LogP contribution in [0.4, 0.5) is 0 Å². The zero-order chi connectivity index (χ0) is 13.7. The molecule has 0 N–H and O–H groups in total. The number of alkyl halides is 1. The second-order valence-electron chi connectivity index (χ2n) is 4.63. The molecular weight excluding hydrogens is 256 g/mol. The Hall–Kier alpha value is -1.47. The van der Waals surface area contributed by atoms with Crippen molar-refractivity contribution in [3.63, 3.8) is 0 Å². The maximum atomic E-state index is 6.54. The normalized spacial score (nSPS) is 12.2. The maximum Gasteiger partial charge on any atom is 0.123 e. The first-order chi connectivity index (χ1) is 9.20. The molecule has 2 rings (SSSR count). The van der Waals surface area contributed by atoms with Crippen LogP contribution < -0.4 is 4.74 Å². The highest BCUT2D eigenvalue weighted by molar-refractivity contribution is 6.21. The number of aryl methyl sites for hydroxylation is 1. The van der Waals surface area contributed by atoms with Crippen LogP contribution in [0.25, 0.3) is 0 Å². The topological polar surface area (TPSA) is 9.23 Å². The van der Waals surface area contributed by atoms with E-state index in [-0.39, 0.29) is 5.38 Å². The molecule has 0 heterocycles. The molecule has 0 spiro atoms. The van der Waals surface area contributed by atoms with Crippen LogP contribution in [-0.4, -0.2) is 6.61 Å². The molecule has 1 nitrogen and oxygen atoms in total. The van der Waals surface area contributed by atoms with Gasteiger partial charge in [0.25, 0.3) is 0 Å². The van der Waals surface area contributed by atoms with E-state index >= 15 is 0 Å². The zero-order valence-corrected chi connectivity index (χ0v) is 12.2. The van der Waals surface area contributed by atoms with Crippen LogP contribution in [0.1, 0.15) is 29.0 Å². The summed E-state index contributed by atoms with van der Waals surface area (Å²) < 4.78 is 5.63. The summed E-state index contributed by atoms with van der Waals surface area (Å²) in [4.78, 5) is 0. The Bertz CT molecular complexity index is 519. The molecule has 100 valence electrons. The Morgan fingerprint density at radius 1 is 1.05 bits per heavy atom. The third-order valence-electron chi connectivity index (χ3n) is 3.09. The van der Waals surface area contributed by atoms with Gasteiger partial charge in [-0.2, -0.15) is 0 Å². The van der Waals surface area contributed by atoms with Gasteiger partial charge in [-0.25, -0.2) is 0 Å². The van der Waals surface area contributed by atoms with Crippen molar-refractivity contribution in [2.24, 2.45) is 0 Å². The van der Waals surface area contributed by atoms with Gasteiger partial charge in [0, 0.05) is 5.56 Å². The fraction of sp³-hybridized carbons (Fsp3) is 0.294. The third-order valence-corrected chi connectivity index (χ3v) is 3.48. The van der Waals surface area contributed by atoms with Crippen LogP contribution >= 0.6 is 11.6 Å². The van der Waals surface area contributed by atoms with Crippen LogP contribution in [0.15, 0.2) is 48.5 Å². The minimum Gasteiger partial charge on any atom is -0.494 e. The zero-order valence-electron chi connectivity index (χ0n) is 11.4. The van der Waals surface area contributed by atoms with Gasteiger partial charge >= 0.3 is 0 Å². The van der Waals surface area contributed by atoms with E-state index in [2.05, 4.69) is 31.2 Å². The average molecular weight is 275 g/mol. The Morgan fingerprint density at radius 3 is 2.42 bits per heavy atom. The standard InChI is InChI=1S/C17H19ClO/c1-3-19-17-7-5-4-6-15(17)16(18)12-14-10-8-13(2)9-11-14/h4-11,16H,3,12H2,1-2H3. The molecule has 2 aromatic carbocycles. The minimum atomic E-state index is -0.0644. The third kappa shape index (κ3) is 3.74. The van der Waals surface area contributed by atoms with Crippen molar-refractivity contribution in [3.8, 4) is 5.75 Å². The molecular formula is C17H19ClO. The molecule has 0 aliphatic rings. The summed E-state index contributed by atoms with van der Waals surface area (Å²) in [7, 11) is 0. The van der Waals surface area contributed by atoms with Crippen molar-refractivity contribution in [2.75, 3.05) is 6.61 Å². The summed E-state index contributed by atoms with van der Waals surface area (Å²) in [5.74, 6) is 0.886. The lowest BCUT2D eigenvalue weighted by Crippen LogP contribution is -2.01. The summed E-state index contributed by atoms with van der Waals surface area (Å²) >= 11 is 6.54. The second kappa shape index (κ2) is 6.63. The lowest BCUT2D eigenvalue weighted by Gasteiger charge is -2.15.